The molecule has 1 atom stereocenters. The molecule has 4 nitrogen and oxygen atoms in total. The van der Waals surface area contributed by atoms with Gasteiger partial charge in [-0.05, 0) is 13.8 Å². The van der Waals surface area contributed by atoms with Gasteiger partial charge in [-0.15, -0.1) is 10.2 Å². The summed E-state index contributed by atoms with van der Waals surface area (Å²) in [6.45, 7) is 3.92. The zero-order chi connectivity index (χ0) is 17.1. The molecule has 3 rings (SSSR count). The number of thioether (sulfide) groups is 1. The zero-order valence-electron chi connectivity index (χ0n) is 13.9. The van der Waals surface area contributed by atoms with Crippen LogP contribution in [0.1, 0.15) is 22.8 Å². The van der Waals surface area contributed by atoms with E-state index in [9.17, 15) is 4.79 Å². The molecule has 3 aromatic rings. The van der Waals surface area contributed by atoms with Crippen LogP contribution in [-0.4, -0.2) is 25.8 Å². The quantitative estimate of drug-likeness (QED) is 0.518. The van der Waals surface area contributed by atoms with E-state index in [0.29, 0.717) is 0 Å². The number of ketones is 1. The first kappa shape index (κ1) is 16.5. The van der Waals surface area contributed by atoms with Crippen molar-refractivity contribution in [2.24, 2.45) is 7.05 Å². The number of carbonyl (C=O) groups excluding carboxylic acids is 1. The largest absolute Gasteiger partial charge is 0.305 e. The Bertz CT molecular complexity index is 841. The van der Waals surface area contributed by atoms with Crippen LogP contribution in [0.25, 0.3) is 11.4 Å². The fraction of sp³-hybridized carbons (Fsp3) is 0.211. The first-order chi connectivity index (χ1) is 11.6. The van der Waals surface area contributed by atoms with Crippen LogP contribution in [0.3, 0.4) is 0 Å². The number of aromatic nitrogens is 3. The van der Waals surface area contributed by atoms with Gasteiger partial charge in [0, 0.05) is 18.2 Å². The average Bonchev–Trinajstić information content (AvgIpc) is 2.96. The number of benzene rings is 2. The second kappa shape index (κ2) is 7.01. The Balaban J connectivity index is 1.78. The first-order valence-corrected chi connectivity index (χ1v) is 8.66. The van der Waals surface area contributed by atoms with E-state index in [-0.39, 0.29) is 11.0 Å². The fourth-order valence-electron chi connectivity index (χ4n) is 2.42. The maximum Gasteiger partial charge on any atom is 0.191 e. The summed E-state index contributed by atoms with van der Waals surface area (Å²) in [5.41, 5.74) is 2.88. The molecule has 0 spiro atoms. The van der Waals surface area contributed by atoms with Gasteiger partial charge in [-0.2, -0.15) is 0 Å². The van der Waals surface area contributed by atoms with Crippen LogP contribution in [-0.2, 0) is 7.05 Å². The summed E-state index contributed by atoms with van der Waals surface area (Å²) in [6, 6.07) is 17.6. The zero-order valence-corrected chi connectivity index (χ0v) is 14.7. The van der Waals surface area contributed by atoms with E-state index in [1.807, 2.05) is 80.1 Å². The molecular formula is C19H19N3OS. The minimum Gasteiger partial charge on any atom is -0.305 e. The molecule has 0 radical (unpaired) electrons. The molecule has 0 aliphatic heterocycles. The molecule has 24 heavy (non-hydrogen) atoms. The van der Waals surface area contributed by atoms with Crippen LogP contribution in [0.5, 0.6) is 0 Å². The fourth-order valence-corrected chi connectivity index (χ4v) is 3.31. The summed E-state index contributed by atoms with van der Waals surface area (Å²) in [6.07, 6.45) is 0. The number of carbonyl (C=O) groups is 1. The maximum atomic E-state index is 12.6. The summed E-state index contributed by atoms with van der Waals surface area (Å²) in [5.74, 6) is 0.900. The van der Waals surface area contributed by atoms with Crippen molar-refractivity contribution in [1.29, 1.82) is 0 Å². The van der Waals surface area contributed by atoms with Crippen LogP contribution in [0, 0.1) is 6.92 Å². The van der Waals surface area contributed by atoms with Gasteiger partial charge in [0.1, 0.15) is 0 Å². The topological polar surface area (TPSA) is 47.8 Å². The second-order valence-electron chi connectivity index (χ2n) is 5.72. The summed E-state index contributed by atoms with van der Waals surface area (Å²) in [7, 11) is 1.92. The van der Waals surface area contributed by atoms with Crippen molar-refractivity contribution in [3.05, 3.63) is 65.7 Å². The number of hydrogen-bond donors (Lipinski definition) is 0. The Hall–Kier alpha value is -2.40. The standard InChI is InChI=1S/C19H19N3OS/c1-13-9-11-15(12-10-13)17(23)14(2)24-19-21-20-18(22(19)3)16-7-5-4-6-8-16/h4-12,14H,1-3H3/t14-/m1/s1. The molecule has 0 aliphatic carbocycles. The van der Waals surface area contributed by atoms with Gasteiger partial charge in [-0.3, -0.25) is 4.79 Å². The molecule has 1 aromatic heterocycles. The molecule has 2 aromatic carbocycles. The lowest BCUT2D eigenvalue weighted by Gasteiger charge is -2.10. The molecule has 5 heteroatoms. The van der Waals surface area contributed by atoms with Crippen molar-refractivity contribution in [3.8, 4) is 11.4 Å². The SMILES string of the molecule is Cc1ccc(C(=O)[C@@H](C)Sc2nnc(-c3ccccc3)n2C)cc1. The van der Waals surface area contributed by atoms with Gasteiger partial charge in [-0.1, -0.05) is 71.9 Å². The van der Waals surface area contributed by atoms with Gasteiger partial charge < -0.3 is 4.57 Å². The lowest BCUT2D eigenvalue weighted by molar-refractivity contribution is 0.0994. The van der Waals surface area contributed by atoms with Gasteiger partial charge in [0.05, 0.1) is 5.25 Å². The third kappa shape index (κ3) is 3.41. The van der Waals surface area contributed by atoms with Crippen LogP contribution in [0.4, 0.5) is 0 Å². The van der Waals surface area contributed by atoms with Gasteiger partial charge in [0.15, 0.2) is 16.8 Å². The number of hydrogen-bond acceptors (Lipinski definition) is 4. The molecule has 0 bridgehead atoms. The van der Waals surface area contributed by atoms with E-state index in [0.717, 1.165) is 27.7 Å². The predicted octanol–water partition coefficient (Wildman–Crippen LogP) is 4.15. The predicted molar refractivity (Wildman–Crippen MR) is 97.3 cm³/mol. The molecule has 0 fully saturated rings. The number of Topliss-reactive ketones (excluding diaryl/α,β-unsaturated/α-hetero) is 1. The Kier molecular flexibility index (Phi) is 4.81. The van der Waals surface area contributed by atoms with Crippen molar-refractivity contribution in [2.45, 2.75) is 24.3 Å². The van der Waals surface area contributed by atoms with Crippen molar-refractivity contribution < 1.29 is 4.79 Å². The summed E-state index contributed by atoms with van der Waals surface area (Å²) in [4.78, 5) is 12.6. The molecule has 0 unspecified atom stereocenters. The number of aryl methyl sites for hydroxylation is 1. The van der Waals surface area contributed by atoms with E-state index in [1.165, 1.54) is 11.8 Å². The molecule has 0 amide bonds. The maximum absolute atomic E-state index is 12.6. The highest BCUT2D eigenvalue weighted by Crippen LogP contribution is 2.27. The Morgan fingerprint density at radius 1 is 1.04 bits per heavy atom. The van der Waals surface area contributed by atoms with Crippen molar-refractivity contribution in [3.63, 3.8) is 0 Å². The van der Waals surface area contributed by atoms with E-state index < -0.39 is 0 Å². The second-order valence-corrected chi connectivity index (χ2v) is 7.03. The first-order valence-electron chi connectivity index (χ1n) is 7.78. The summed E-state index contributed by atoms with van der Waals surface area (Å²) in [5, 5.41) is 9.02. The Morgan fingerprint density at radius 3 is 2.38 bits per heavy atom. The van der Waals surface area contributed by atoms with Crippen molar-refractivity contribution in [2.75, 3.05) is 0 Å². The molecular weight excluding hydrogens is 318 g/mol. The highest BCUT2D eigenvalue weighted by Gasteiger charge is 2.20. The normalized spacial score (nSPS) is 12.1. The number of rotatable bonds is 5. The van der Waals surface area contributed by atoms with Gasteiger partial charge >= 0.3 is 0 Å². The lowest BCUT2D eigenvalue weighted by Crippen LogP contribution is -2.14. The van der Waals surface area contributed by atoms with Crippen molar-refractivity contribution >= 4 is 17.5 Å². The van der Waals surface area contributed by atoms with Gasteiger partial charge in [0.2, 0.25) is 0 Å². The van der Waals surface area contributed by atoms with E-state index >= 15 is 0 Å². The minimum absolute atomic E-state index is 0.101. The molecule has 1 heterocycles. The highest BCUT2D eigenvalue weighted by atomic mass is 32.2. The van der Waals surface area contributed by atoms with Crippen LogP contribution in [0.15, 0.2) is 59.8 Å². The molecule has 0 aliphatic rings. The van der Waals surface area contributed by atoms with E-state index in [4.69, 9.17) is 0 Å². The van der Waals surface area contributed by atoms with Gasteiger partial charge in [0.25, 0.3) is 0 Å². The molecule has 0 N–H and O–H groups in total. The van der Waals surface area contributed by atoms with E-state index in [2.05, 4.69) is 10.2 Å². The summed E-state index contributed by atoms with van der Waals surface area (Å²) < 4.78 is 1.93. The van der Waals surface area contributed by atoms with Crippen molar-refractivity contribution in [1.82, 2.24) is 14.8 Å². The minimum atomic E-state index is -0.223. The average molecular weight is 337 g/mol. The highest BCUT2D eigenvalue weighted by molar-refractivity contribution is 8.00. The molecule has 122 valence electrons. The van der Waals surface area contributed by atoms with E-state index in [1.54, 1.807) is 0 Å². The third-order valence-electron chi connectivity index (χ3n) is 3.85. The van der Waals surface area contributed by atoms with Gasteiger partial charge in [-0.25, -0.2) is 0 Å². The van der Waals surface area contributed by atoms with Crippen LogP contribution in [0.2, 0.25) is 0 Å². The monoisotopic (exact) mass is 337 g/mol. The Labute approximate surface area is 145 Å². The summed E-state index contributed by atoms with van der Waals surface area (Å²) >= 11 is 1.43. The lowest BCUT2D eigenvalue weighted by atomic mass is 10.1. The Morgan fingerprint density at radius 2 is 1.71 bits per heavy atom. The smallest absolute Gasteiger partial charge is 0.191 e. The number of nitrogens with zero attached hydrogens (tertiary/aromatic N) is 3. The molecule has 0 saturated heterocycles. The molecule has 0 saturated carbocycles. The van der Waals surface area contributed by atoms with Crippen LogP contribution < -0.4 is 0 Å². The van der Waals surface area contributed by atoms with Crippen LogP contribution >= 0.6 is 11.8 Å². The third-order valence-corrected chi connectivity index (χ3v) is 4.99.